The highest BCUT2D eigenvalue weighted by Crippen LogP contribution is 2.36. The Balaban J connectivity index is 1.91. The molecule has 1 atom stereocenters. The van der Waals surface area contributed by atoms with Crippen molar-refractivity contribution in [3.8, 4) is 17.1 Å². The zero-order valence-corrected chi connectivity index (χ0v) is 16.6. The molecule has 0 saturated heterocycles. The van der Waals surface area contributed by atoms with E-state index in [-0.39, 0.29) is 11.2 Å². The van der Waals surface area contributed by atoms with Gasteiger partial charge in [-0.2, -0.15) is 0 Å². The lowest BCUT2D eigenvalue weighted by Gasteiger charge is -2.20. The molecule has 3 rings (SSSR count). The number of carbonyl (C=O) groups excluding carboxylic acids is 1. The maximum absolute atomic E-state index is 12.7. The first-order chi connectivity index (χ1) is 13.0. The molecular weight excluding hydrogens is 360 g/mol. The van der Waals surface area contributed by atoms with Gasteiger partial charge in [0.1, 0.15) is 11.0 Å². The lowest BCUT2D eigenvalue weighted by Crippen LogP contribution is -2.26. The summed E-state index contributed by atoms with van der Waals surface area (Å²) >= 11 is 1.40. The molecule has 0 radical (unpaired) electrons. The zero-order valence-electron chi connectivity index (χ0n) is 15.8. The number of likely N-dealkylation sites (N-methyl/N-ethyl adjacent to an activating group) is 1. The number of amides is 1. The van der Waals surface area contributed by atoms with Gasteiger partial charge < -0.3 is 14.2 Å². The molecule has 1 amide bonds. The zero-order chi connectivity index (χ0) is 19.4. The van der Waals surface area contributed by atoms with Crippen molar-refractivity contribution in [3.05, 3.63) is 60.2 Å². The fourth-order valence-electron chi connectivity index (χ4n) is 2.64. The van der Waals surface area contributed by atoms with Gasteiger partial charge in [0.05, 0.1) is 7.11 Å². The SMILES string of the molecule is COc1ccc(-c2nnc(S[C@@H](C(=O)N(C)C)c3ccccc3)n2C)cc1. The fraction of sp³-hybridized carbons (Fsp3) is 0.250. The molecule has 1 aromatic heterocycles. The van der Waals surface area contributed by atoms with E-state index in [0.717, 1.165) is 22.7 Å². The van der Waals surface area contributed by atoms with Crippen LogP contribution in [0.4, 0.5) is 0 Å². The average Bonchev–Trinajstić information content (AvgIpc) is 3.06. The molecule has 2 aromatic carbocycles. The number of carbonyl (C=O) groups is 1. The molecule has 0 aliphatic carbocycles. The maximum Gasteiger partial charge on any atom is 0.240 e. The second-order valence-corrected chi connectivity index (χ2v) is 7.31. The fourth-order valence-corrected chi connectivity index (χ4v) is 3.79. The van der Waals surface area contributed by atoms with Gasteiger partial charge in [-0.05, 0) is 29.8 Å². The summed E-state index contributed by atoms with van der Waals surface area (Å²) < 4.78 is 7.11. The van der Waals surface area contributed by atoms with Crippen molar-refractivity contribution < 1.29 is 9.53 Å². The van der Waals surface area contributed by atoms with Crippen molar-refractivity contribution in [2.75, 3.05) is 21.2 Å². The average molecular weight is 382 g/mol. The number of thioether (sulfide) groups is 1. The van der Waals surface area contributed by atoms with Gasteiger partial charge in [-0.3, -0.25) is 4.79 Å². The second-order valence-electron chi connectivity index (χ2n) is 6.23. The van der Waals surface area contributed by atoms with E-state index in [1.807, 2.05) is 66.2 Å². The van der Waals surface area contributed by atoms with Gasteiger partial charge in [0.25, 0.3) is 0 Å². The van der Waals surface area contributed by atoms with Crippen LogP contribution in [-0.2, 0) is 11.8 Å². The molecule has 7 heteroatoms. The van der Waals surface area contributed by atoms with Crippen molar-refractivity contribution >= 4 is 17.7 Å². The first-order valence-corrected chi connectivity index (χ1v) is 9.36. The number of rotatable bonds is 6. The van der Waals surface area contributed by atoms with E-state index >= 15 is 0 Å². The van der Waals surface area contributed by atoms with Gasteiger partial charge in [0, 0.05) is 26.7 Å². The number of hydrogen-bond acceptors (Lipinski definition) is 5. The largest absolute Gasteiger partial charge is 0.497 e. The number of methoxy groups -OCH3 is 1. The molecular formula is C20H22N4O2S. The normalized spacial score (nSPS) is 11.9. The predicted octanol–water partition coefficient (Wildman–Crippen LogP) is 3.41. The van der Waals surface area contributed by atoms with E-state index in [0.29, 0.717) is 5.16 Å². The van der Waals surface area contributed by atoms with E-state index in [9.17, 15) is 4.79 Å². The van der Waals surface area contributed by atoms with Crippen molar-refractivity contribution in [1.29, 1.82) is 0 Å². The van der Waals surface area contributed by atoms with E-state index in [2.05, 4.69) is 10.2 Å². The Morgan fingerprint density at radius 3 is 2.33 bits per heavy atom. The monoisotopic (exact) mass is 382 g/mol. The van der Waals surface area contributed by atoms with Crippen LogP contribution in [0.15, 0.2) is 59.8 Å². The van der Waals surface area contributed by atoms with Crippen LogP contribution >= 0.6 is 11.8 Å². The van der Waals surface area contributed by atoms with Gasteiger partial charge in [-0.25, -0.2) is 0 Å². The Bertz CT molecular complexity index is 907. The summed E-state index contributed by atoms with van der Waals surface area (Å²) in [5, 5.41) is 8.94. The van der Waals surface area contributed by atoms with Crippen LogP contribution in [0.1, 0.15) is 10.8 Å². The first kappa shape index (κ1) is 19.0. The summed E-state index contributed by atoms with van der Waals surface area (Å²) in [6.07, 6.45) is 0. The summed E-state index contributed by atoms with van der Waals surface area (Å²) in [4.78, 5) is 14.3. The number of aromatic nitrogens is 3. The summed E-state index contributed by atoms with van der Waals surface area (Å²) in [7, 11) is 7.07. The highest BCUT2D eigenvalue weighted by Gasteiger charge is 2.26. The van der Waals surface area contributed by atoms with E-state index in [4.69, 9.17) is 4.74 Å². The van der Waals surface area contributed by atoms with Gasteiger partial charge in [0.2, 0.25) is 5.91 Å². The number of benzene rings is 2. The Labute approximate surface area is 163 Å². The van der Waals surface area contributed by atoms with Crippen LogP contribution in [0.2, 0.25) is 0 Å². The van der Waals surface area contributed by atoms with Crippen molar-refractivity contribution in [2.24, 2.45) is 7.05 Å². The highest BCUT2D eigenvalue weighted by atomic mass is 32.2. The Kier molecular flexibility index (Phi) is 5.81. The second kappa shape index (κ2) is 8.26. The third-order valence-corrected chi connectivity index (χ3v) is 5.45. The molecule has 0 spiro atoms. The number of ether oxygens (including phenoxy) is 1. The summed E-state index contributed by atoms with van der Waals surface area (Å²) in [6, 6.07) is 17.4. The molecule has 27 heavy (non-hydrogen) atoms. The van der Waals surface area contributed by atoms with E-state index < -0.39 is 0 Å². The van der Waals surface area contributed by atoms with Crippen molar-refractivity contribution in [2.45, 2.75) is 10.4 Å². The standard InChI is InChI=1S/C20H22N4O2S/c1-23(2)19(25)17(14-8-6-5-7-9-14)27-20-22-21-18(24(20)3)15-10-12-16(26-4)13-11-15/h5-13,17H,1-4H3/t17-/m1/s1. The van der Waals surface area contributed by atoms with Gasteiger partial charge in [0.15, 0.2) is 11.0 Å². The third-order valence-electron chi connectivity index (χ3n) is 4.17. The molecule has 1 heterocycles. The van der Waals surface area contributed by atoms with Gasteiger partial charge in [-0.1, -0.05) is 42.1 Å². The van der Waals surface area contributed by atoms with E-state index in [1.165, 1.54) is 11.8 Å². The molecule has 0 aliphatic rings. The predicted molar refractivity (Wildman–Crippen MR) is 107 cm³/mol. The lowest BCUT2D eigenvalue weighted by atomic mass is 10.1. The molecule has 0 unspecified atom stereocenters. The van der Waals surface area contributed by atoms with Crippen LogP contribution in [0.3, 0.4) is 0 Å². The van der Waals surface area contributed by atoms with E-state index in [1.54, 1.807) is 26.1 Å². The summed E-state index contributed by atoms with van der Waals surface area (Å²) in [5.41, 5.74) is 1.88. The smallest absolute Gasteiger partial charge is 0.240 e. The maximum atomic E-state index is 12.7. The van der Waals surface area contributed by atoms with Crippen LogP contribution in [-0.4, -0.2) is 46.8 Å². The van der Waals surface area contributed by atoms with Crippen LogP contribution < -0.4 is 4.74 Å². The summed E-state index contributed by atoms with van der Waals surface area (Å²) in [5.74, 6) is 1.54. The topological polar surface area (TPSA) is 60.3 Å². The Morgan fingerprint density at radius 1 is 1.07 bits per heavy atom. The molecule has 0 saturated carbocycles. The molecule has 140 valence electrons. The molecule has 3 aromatic rings. The van der Waals surface area contributed by atoms with Crippen LogP contribution in [0, 0.1) is 0 Å². The van der Waals surface area contributed by atoms with Crippen molar-refractivity contribution in [3.63, 3.8) is 0 Å². The van der Waals surface area contributed by atoms with Gasteiger partial charge in [-0.15, -0.1) is 10.2 Å². The molecule has 0 N–H and O–H groups in total. The minimum atomic E-state index is -0.382. The Hall–Kier alpha value is -2.80. The molecule has 0 bridgehead atoms. The minimum Gasteiger partial charge on any atom is -0.497 e. The first-order valence-electron chi connectivity index (χ1n) is 8.48. The number of nitrogens with zero attached hydrogens (tertiary/aromatic N) is 4. The molecule has 0 fully saturated rings. The van der Waals surface area contributed by atoms with Crippen molar-refractivity contribution in [1.82, 2.24) is 19.7 Å². The molecule has 6 nitrogen and oxygen atoms in total. The highest BCUT2D eigenvalue weighted by molar-refractivity contribution is 8.00. The summed E-state index contributed by atoms with van der Waals surface area (Å²) in [6.45, 7) is 0. The third kappa shape index (κ3) is 4.14. The van der Waals surface area contributed by atoms with Crippen LogP contribution in [0.5, 0.6) is 5.75 Å². The number of hydrogen-bond donors (Lipinski definition) is 0. The van der Waals surface area contributed by atoms with Crippen LogP contribution in [0.25, 0.3) is 11.4 Å². The quantitative estimate of drug-likeness (QED) is 0.612. The minimum absolute atomic E-state index is 0.0141. The lowest BCUT2D eigenvalue weighted by molar-refractivity contribution is -0.128. The Morgan fingerprint density at radius 2 is 1.74 bits per heavy atom. The van der Waals surface area contributed by atoms with Gasteiger partial charge >= 0.3 is 0 Å². The molecule has 0 aliphatic heterocycles.